The van der Waals surface area contributed by atoms with Crippen LogP contribution in [0.2, 0.25) is 5.02 Å². The molecule has 0 radical (unpaired) electrons. The van der Waals surface area contributed by atoms with Gasteiger partial charge in [-0.25, -0.2) is 9.69 Å². The summed E-state index contributed by atoms with van der Waals surface area (Å²) in [4.78, 5) is 37.7. The number of aryl methyl sites for hydroxylation is 1. The van der Waals surface area contributed by atoms with Crippen LogP contribution >= 0.6 is 11.6 Å². The molecule has 0 aliphatic carbocycles. The summed E-state index contributed by atoms with van der Waals surface area (Å²) in [6.07, 6.45) is 1.38. The molecule has 8 nitrogen and oxygen atoms in total. The van der Waals surface area contributed by atoms with Gasteiger partial charge in [0.2, 0.25) is 5.91 Å². The normalized spacial score (nSPS) is 14.9. The van der Waals surface area contributed by atoms with Crippen LogP contribution in [0.25, 0.3) is 6.08 Å². The van der Waals surface area contributed by atoms with Gasteiger partial charge in [-0.1, -0.05) is 29.3 Å². The molecule has 29 heavy (non-hydrogen) atoms. The first-order valence-corrected chi connectivity index (χ1v) is 8.94. The van der Waals surface area contributed by atoms with E-state index in [-0.39, 0.29) is 22.2 Å². The fourth-order valence-electron chi connectivity index (χ4n) is 2.70. The number of nitrogens with zero attached hydrogens (tertiary/aromatic N) is 1. The lowest BCUT2D eigenvalue weighted by Crippen LogP contribution is -2.38. The molecule has 0 saturated carbocycles. The lowest BCUT2D eigenvalue weighted by molar-refractivity contribution is -0.127. The van der Waals surface area contributed by atoms with E-state index < -0.39 is 24.4 Å². The van der Waals surface area contributed by atoms with Gasteiger partial charge in [0.25, 0.3) is 5.91 Å². The number of phenols is 1. The Morgan fingerprint density at radius 3 is 2.62 bits per heavy atom. The number of carbonyl (C=O) groups is 3. The number of phenolic OH excluding ortho intramolecular Hbond substituents is 1. The molecule has 0 spiro atoms. The maximum Gasteiger partial charge on any atom is 0.329 e. The minimum atomic E-state index is -0.711. The number of hydrogen-bond acceptors (Lipinski definition) is 5. The van der Waals surface area contributed by atoms with Crippen molar-refractivity contribution in [1.29, 1.82) is 0 Å². The van der Waals surface area contributed by atoms with E-state index in [9.17, 15) is 19.5 Å². The highest BCUT2D eigenvalue weighted by Gasteiger charge is 2.35. The van der Waals surface area contributed by atoms with Gasteiger partial charge in [0.15, 0.2) is 11.5 Å². The summed E-state index contributed by atoms with van der Waals surface area (Å²) in [5, 5.41) is 14.9. The third-order valence-electron chi connectivity index (χ3n) is 4.18. The molecule has 1 heterocycles. The van der Waals surface area contributed by atoms with Crippen molar-refractivity contribution in [3.8, 4) is 11.5 Å². The van der Waals surface area contributed by atoms with Gasteiger partial charge in [-0.15, -0.1) is 0 Å². The molecule has 150 valence electrons. The second-order valence-electron chi connectivity index (χ2n) is 6.35. The number of imide groups is 1. The van der Waals surface area contributed by atoms with E-state index in [2.05, 4.69) is 10.6 Å². The predicted molar refractivity (Wildman–Crippen MR) is 108 cm³/mol. The molecule has 3 rings (SSSR count). The van der Waals surface area contributed by atoms with E-state index in [1.54, 1.807) is 12.1 Å². The molecule has 3 N–H and O–H groups in total. The zero-order valence-corrected chi connectivity index (χ0v) is 16.4. The molecule has 0 atom stereocenters. The minimum absolute atomic E-state index is 0.0260. The number of rotatable bonds is 5. The highest BCUT2D eigenvalue weighted by Crippen LogP contribution is 2.35. The number of ether oxygens (including phenoxy) is 1. The number of nitrogens with one attached hydrogen (secondary N) is 2. The van der Waals surface area contributed by atoms with Crippen LogP contribution in [0.5, 0.6) is 11.5 Å². The van der Waals surface area contributed by atoms with Crippen molar-refractivity contribution in [3.05, 3.63) is 58.2 Å². The molecule has 0 aromatic heterocycles. The summed E-state index contributed by atoms with van der Waals surface area (Å²) in [7, 11) is 1.36. The molecule has 1 fully saturated rings. The Morgan fingerprint density at radius 1 is 1.28 bits per heavy atom. The van der Waals surface area contributed by atoms with E-state index in [4.69, 9.17) is 16.3 Å². The fraction of sp³-hybridized carbons (Fsp3) is 0.150. The summed E-state index contributed by atoms with van der Waals surface area (Å²) >= 11 is 5.94. The number of amides is 4. The molecule has 1 saturated heterocycles. The van der Waals surface area contributed by atoms with Gasteiger partial charge in [0.1, 0.15) is 12.2 Å². The van der Waals surface area contributed by atoms with Crippen molar-refractivity contribution in [2.24, 2.45) is 0 Å². The summed E-state index contributed by atoms with van der Waals surface area (Å²) in [6, 6.07) is 9.29. The number of anilines is 1. The second kappa shape index (κ2) is 8.24. The first-order chi connectivity index (χ1) is 13.8. The second-order valence-corrected chi connectivity index (χ2v) is 6.75. The summed E-state index contributed by atoms with van der Waals surface area (Å²) in [5.41, 5.74) is 2.01. The van der Waals surface area contributed by atoms with Crippen molar-refractivity contribution >= 4 is 41.2 Å². The smallest absolute Gasteiger partial charge is 0.329 e. The Morgan fingerprint density at radius 2 is 1.97 bits per heavy atom. The van der Waals surface area contributed by atoms with Gasteiger partial charge in [0.05, 0.1) is 12.1 Å². The largest absolute Gasteiger partial charge is 0.503 e. The molecular weight excluding hydrogens is 398 g/mol. The highest BCUT2D eigenvalue weighted by atomic mass is 35.5. The predicted octanol–water partition coefficient (Wildman–Crippen LogP) is 2.89. The van der Waals surface area contributed by atoms with Gasteiger partial charge in [0, 0.05) is 5.69 Å². The first-order valence-electron chi connectivity index (χ1n) is 8.56. The van der Waals surface area contributed by atoms with Gasteiger partial charge < -0.3 is 20.5 Å². The average molecular weight is 416 g/mol. The Kier molecular flexibility index (Phi) is 5.74. The molecule has 1 aliphatic heterocycles. The lowest BCUT2D eigenvalue weighted by Gasteiger charge is -2.12. The van der Waals surface area contributed by atoms with Crippen LogP contribution in [0.15, 0.2) is 42.1 Å². The van der Waals surface area contributed by atoms with Crippen LogP contribution in [0.3, 0.4) is 0 Å². The Bertz CT molecular complexity index is 1020. The molecule has 9 heteroatoms. The number of benzene rings is 2. The number of aromatic hydroxyl groups is 1. The van der Waals surface area contributed by atoms with Crippen LogP contribution in [0, 0.1) is 6.92 Å². The molecule has 1 aliphatic rings. The molecule has 2 aromatic carbocycles. The van der Waals surface area contributed by atoms with E-state index in [1.165, 1.54) is 25.3 Å². The SMILES string of the molecule is COc1cc(/C=C2/NC(=O)N(CC(=O)Nc3ccc(C)cc3)C2=O)cc(Cl)c1O. The van der Waals surface area contributed by atoms with Crippen molar-refractivity contribution in [3.63, 3.8) is 0 Å². The number of carbonyl (C=O) groups excluding carboxylic acids is 3. The average Bonchev–Trinajstić information content (AvgIpc) is 2.93. The summed E-state index contributed by atoms with van der Waals surface area (Å²) < 4.78 is 5.02. The fourth-order valence-corrected chi connectivity index (χ4v) is 2.91. The number of hydrogen-bond donors (Lipinski definition) is 3. The summed E-state index contributed by atoms with van der Waals surface area (Å²) in [5.74, 6) is -1.27. The third kappa shape index (κ3) is 4.49. The zero-order chi connectivity index (χ0) is 21.1. The third-order valence-corrected chi connectivity index (χ3v) is 4.47. The van der Waals surface area contributed by atoms with E-state index in [1.807, 2.05) is 19.1 Å². The van der Waals surface area contributed by atoms with E-state index >= 15 is 0 Å². The Labute approximate surface area is 171 Å². The van der Waals surface area contributed by atoms with Crippen LogP contribution in [-0.4, -0.2) is 41.5 Å². The number of halogens is 1. The quantitative estimate of drug-likeness (QED) is 0.514. The van der Waals surface area contributed by atoms with Crippen molar-refractivity contribution in [2.45, 2.75) is 6.92 Å². The minimum Gasteiger partial charge on any atom is -0.503 e. The van der Waals surface area contributed by atoms with Gasteiger partial charge in [-0.2, -0.15) is 0 Å². The van der Waals surface area contributed by atoms with Gasteiger partial charge >= 0.3 is 6.03 Å². The van der Waals surface area contributed by atoms with Crippen LogP contribution < -0.4 is 15.4 Å². The number of urea groups is 1. The number of methoxy groups -OCH3 is 1. The molecule has 4 amide bonds. The highest BCUT2D eigenvalue weighted by molar-refractivity contribution is 6.32. The molecular formula is C20H18ClN3O5. The Hall–Kier alpha value is -3.52. The molecule has 0 bridgehead atoms. The van der Waals surface area contributed by atoms with Crippen LogP contribution in [0.1, 0.15) is 11.1 Å². The van der Waals surface area contributed by atoms with Gasteiger partial charge in [-0.3, -0.25) is 9.59 Å². The van der Waals surface area contributed by atoms with Crippen molar-refractivity contribution in [2.75, 3.05) is 19.0 Å². The van der Waals surface area contributed by atoms with E-state index in [0.717, 1.165) is 10.5 Å². The maximum absolute atomic E-state index is 12.5. The standard InChI is InChI=1S/C20H18ClN3O5/c1-11-3-5-13(6-4-11)22-17(25)10-24-19(27)15(23-20(24)28)8-12-7-14(21)18(26)16(9-12)29-2/h3-9,26H,10H2,1-2H3,(H,22,25)(H,23,28)/b15-8+. The zero-order valence-electron chi connectivity index (χ0n) is 15.7. The van der Waals surface area contributed by atoms with Crippen molar-refractivity contribution < 1.29 is 24.2 Å². The maximum atomic E-state index is 12.5. The molecule has 2 aromatic rings. The summed E-state index contributed by atoms with van der Waals surface area (Å²) in [6.45, 7) is 1.49. The lowest BCUT2D eigenvalue weighted by atomic mass is 10.1. The van der Waals surface area contributed by atoms with Gasteiger partial charge in [-0.05, 0) is 42.8 Å². The van der Waals surface area contributed by atoms with Crippen LogP contribution in [-0.2, 0) is 9.59 Å². The monoisotopic (exact) mass is 415 g/mol. The topological polar surface area (TPSA) is 108 Å². The Balaban J connectivity index is 1.74. The van der Waals surface area contributed by atoms with Crippen LogP contribution in [0.4, 0.5) is 10.5 Å². The first kappa shape index (κ1) is 20.2. The van der Waals surface area contributed by atoms with E-state index in [0.29, 0.717) is 11.3 Å². The molecule has 0 unspecified atom stereocenters. The van der Waals surface area contributed by atoms with Crippen molar-refractivity contribution in [1.82, 2.24) is 10.2 Å².